The molecule has 31 heavy (non-hydrogen) atoms. The van der Waals surface area contributed by atoms with Crippen molar-refractivity contribution in [3.8, 4) is 0 Å². The van der Waals surface area contributed by atoms with Crippen LogP contribution in [0, 0.1) is 5.92 Å². The molecule has 1 aromatic carbocycles. The molecule has 168 valence electrons. The number of benzene rings is 1. The third-order valence-electron chi connectivity index (χ3n) is 5.38. The number of alkyl halides is 3. The molecule has 9 heteroatoms. The number of aromatic nitrogens is 1. The summed E-state index contributed by atoms with van der Waals surface area (Å²) in [5.74, 6) is 0.142. The number of pyridine rings is 1. The van der Waals surface area contributed by atoms with Gasteiger partial charge in [0.05, 0.1) is 16.6 Å². The van der Waals surface area contributed by atoms with Gasteiger partial charge < -0.3 is 15.1 Å². The second-order valence-corrected chi connectivity index (χ2v) is 8.43. The van der Waals surface area contributed by atoms with Gasteiger partial charge >= 0.3 is 6.18 Å². The maximum atomic E-state index is 12.9. The highest BCUT2D eigenvalue weighted by atomic mass is 35.5. The van der Waals surface area contributed by atoms with Crippen LogP contribution in [0.25, 0.3) is 0 Å². The van der Waals surface area contributed by atoms with Crippen LogP contribution < -0.4 is 10.2 Å². The third kappa shape index (κ3) is 6.11. The Morgan fingerprint density at radius 2 is 1.90 bits per heavy atom. The van der Waals surface area contributed by atoms with Gasteiger partial charge in [0.2, 0.25) is 5.91 Å². The number of halogens is 4. The first-order valence-electron chi connectivity index (χ1n) is 10.1. The molecule has 0 radical (unpaired) electrons. The number of likely N-dealkylation sites (N-methyl/N-ethyl adjacent to an activating group) is 1. The quantitative estimate of drug-likeness (QED) is 0.703. The second kappa shape index (κ2) is 9.87. The average Bonchev–Trinajstić information content (AvgIpc) is 2.73. The number of anilines is 1. The normalized spacial score (nSPS) is 16.4. The van der Waals surface area contributed by atoms with E-state index in [4.69, 9.17) is 11.6 Å². The van der Waals surface area contributed by atoms with Crippen molar-refractivity contribution in [3.63, 3.8) is 0 Å². The zero-order valence-corrected chi connectivity index (χ0v) is 18.2. The van der Waals surface area contributed by atoms with Gasteiger partial charge in [-0.2, -0.15) is 13.2 Å². The number of carbonyl (C=O) groups is 1. The monoisotopic (exact) mass is 454 g/mol. The lowest BCUT2D eigenvalue weighted by atomic mass is 9.95. The number of carbonyl (C=O) groups excluding carboxylic acids is 1. The van der Waals surface area contributed by atoms with Crippen LogP contribution in [0.2, 0.25) is 5.02 Å². The maximum Gasteiger partial charge on any atom is 0.417 e. The van der Waals surface area contributed by atoms with Gasteiger partial charge in [-0.15, -0.1) is 0 Å². The molecule has 3 rings (SSSR count). The summed E-state index contributed by atoms with van der Waals surface area (Å²) in [6, 6.07) is 10.6. The first-order chi connectivity index (χ1) is 14.6. The molecule has 1 fully saturated rings. The zero-order valence-electron chi connectivity index (χ0n) is 17.5. The topological polar surface area (TPSA) is 48.5 Å². The number of amides is 1. The van der Waals surface area contributed by atoms with Gasteiger partial charge in [-0.05, 0) is 38.6 Å². The van der Waals surface area contributed by atoms with E-state index in [1.807, 2.05) is 54.2 Å². The molecule has 1 N–H and O–H groups in total. The molecule has 1 aromatic heterocycles. The first kappa shape index (κ1) is 23.3. The fourth-order valence-corrected chi connectivity index (χ4v) is 4.03. The predicted molar refractivity (Wildman–Crippen MR) is 115 cm³/mol. The van der Waals surface area contributed by atoms with E-state index < -0.39 is 11.7 Å². The van der Waals surface area contributed by atoms with Crippen molar-refractivity contribution in [2.75, 3.05) is 38.6 Å². The standard InChI is InChI=1S/C22H26ClF3N4O/c1-29(2)14-19(15-6-4-3-5-7-15)28-21(31)16-8-10-30(11-9-16)20-18(23)12-17(13-27-20)22(24,25)26/h3-7,12-13,16,19H,8-11,14H2,1-2H3,(H,28,31)/t19-/m0/s1. The Morgan fingerprint density at radius 3 is 2.45 bits per heavy atom. The fraction of sp³-hybridized carbons (Fsp3) is 0.455. The van der Waals surface area contributed by atoms with Crippen LogP contribution in [0.5, 0.6) is 0 Å². The Balaban J connectivity index is 1.61. The molecule has 2 aromatic rings. The van der Waals surface area contributed by atoms with E-state index >= 15 is 0 Å². The molecule has 1 aliphatic heterocycles. The highest BCUT2D eigenvalue weighted by Gasteiger charge is 2.33. The molecule has 0 aliphatic carbocycles. The largest absolute Gasteiger partial charge is 0.417 e. The second-order valence-electron chi connectivity index (χ2n) is 8.02. The lowest BCUT2D eigenvalue weighted by Gasteiger charge is -2.33. The molecule has 1 amide bonds. The number of piperidine rings is 1. The minimum absolute atomic E-state index is 0.0122. The third-order valence-corrected chi connectivity index (χ3v) is 5.66. The Hall–Kier alpha value is -2.32. The van der Waals surface area contributed by atoms with Crippen molar-refractivity contribution in [2.24, 2.45) is 5.92 Å². The van der Waals surface area contributed by atoms with Crippen molar-refractivity contribution in [2.45, 2.75) is 25.1 Å². The molecular weight excluding hydrogens is 429 g/mol. The number of rotatable bonds is 6. The molecular formula is C22H26ClF3N4O. The van der Waals surface area contributed by atoms with Crippen LogP contribution in [0.1, 0.15) is 30.0 Å². The molecule has 2 heterocycles. The Labute approximate surface area is 185 Å². The lowest BCUT2D eigenvalue weighted by molar-refractivity contribution is -0.137. The minimum atomic E-state index is -4.48. The van der Waals surface area contributed by atoms with Gasteiger partial charge in [0.1, 0.15) is 5.82 Å². The van der Waals surface area contributed by atoms with E-state index in [1.165, 1.54) is 0 Å². The van der Waals surface area contributed by atoms with Gasteiger partial charge in [0, 0.05) is 31.7 Å². The number of nitrogens with one attached hydrogen (secondary N) is 1. The molecule has 1 aliphatic rings. The van der Waals surface area contributed by atoms with E-state index in [0.717, 1.165) is 17.8 Å². The van der Waals surface area contributed by atoms with Gasteiger partial charge in [0.15, 0.2) is 0 Å². The molecule has 0 saturated carbocycles. The van der Waals surface area contributed by atoms with Gasteiger partial charge in [-0.3, -0.25) is 4.79 Å². The fourth-order valence-electron chi connectivity index (χ4n) is 3.75. The van der Waals surface area contributed by atoms with Gasteiger partial charge in [-0.25, -0.2) is 4.98 Å². The van der Waals surface area contributed by atoms with Crippen molar-refractivity contribution < 1.29 is 18.0 Å². The van der Waals surface area contributed by atoms with Crippen LogP contribution in [0.4, 0.5) is 19.0 Å². The SMILES string of the molecule is CN(C)C[C@H](NC(=O)C1CCN(c2ncc(C(F)(F)F)cc2Cl)CC1)c1ccccc1. The summed E-state index contributed by atoms with van der Waals surface area (Å²) in [5.41, 5.74) is 0.172. The summed E-state index contributed by atoms with van der Waals surface area (Å²) in [5, 5.41) is 3.12. The van der Waals surface area contributed by atoms with E-state index in [-0.39, 0.29) is 22.9 Å². The summed E-state index contributed by atoms with van der Waals surface area (Å²) in [6.07, 6.45) is -2.53. The molecule has 5 nitrogen and oxygen atoms in total. The van der Waals surface area contributed by atoms with Crippen molar-refractivity contribution >= 4 is 23.3 Å². The zero-order chi connectivity index (χ0) is 22.6. The van der Waals surface area contributed by atoms with E-state index in [2.05, 4.69) is 10.3 Å². The van der Waals surface area contributed by atoms with Crippen LogP contribution in [-0.4, -0.2) is 49.5 Å². The predicted octanol–water partition coefficient (Wildman–Crippen LogP) is 4.39. The Kier molecular flexibility index (Phi) is 7.43. The van der Waals surface area contributed by atoms with Crippen LogP contribution in [0.15, 0.2) is 42.6 Å². The number of hydrogen-bond donors (Lipinski definition) is 1. The summed E-state index contributed by atoms with van der Waals surface area (Å²) in [7, 11) is 3.92. The van der Waals surface area contributed by atoms with Crippen LogP contribution in [-0.2, 0) is 11.0 Å². The highest BCUT2D eigenvalue weighted by molar-refractivity contribution is 6.33. The molecule has 0 spiro atoms. The molecule has 0 unspecified atom stereocenters. The Morgan fingerprint density at radius 1 is 1.26 bits per heavy atom. The highest BCUT2D eigenvalue weighted by Crippen LogP contribution is 2.34. The Bertz CT molecular complexity index is 884. The van der Waals surface area contributed by atoms with E-state index in [9.17, 15) is 18.0 Å². The molecule has 1 atom stereocenters. The average molecular weight is 455 g/mol. The van der Waals surface area contributed by atoms with Gasteiger partial charge in [-0.1, -0.05) is 41.9 Å². The molecule has 1 saturated heterocycles. The lowest BCUT2D eigenvalue weighted by Crippen LogP contribution is -2.43. The van der Waals surface area contributed by atoms with Gasteiger partial charge in [0.25, 0.3) is 0 Å². The summed E-state index contributed by atoms with van der Waals surface area (Å²) >= 11 is 6.06. The van der Waals surface area contributed by atoms with Crippen molar-refractivity contribution in [1.29, 1.82) is 0 Å². The summed E-state index contributed by atoms with van der Waals surface area (Å²) in [4.78, 5) is 20.7. The number of hydrogen-bond acceptors (Lipinski definition) is 4. The first-order valence-corrected chi connectivity index (χ1v) is 10.5. The smallest absolute Gasteiger partial charge is 0.355 e. The number of nitrogens with zero attached hydrogens (tertiary/aromatic N) is 3. The summed E-state index contributed by atoms with van der Waals surface area (Å²) in [6.45, 7) is 1.68. The van der Waals surface area contributed by atoms with Crippen molar-refractivity contribution in [1.82, 2.24) is 15.2 Å². The van der Waals surface area contributed by atoms with E-state index in [0.29, 0.717) is 38.3 Å². The minimum Gasteiger partial charge on any atom is -0.355 e. The van der Waals surface area contributed by atoms with Crippen LogP contribution in [0.3, 0.4) is 0 Å². The van der Waals surface area contributed by atoms with Crippen molar-refractivity contribution in [3.05, 3.63) is 58.7 Å². The van der Waals surface area contributed by atoms with E-state index in [1.54, 1.807) is 0 Å². The maximum absolute atomic E-state index is 12.9. The van der Waals surface area contributed by atoms with Crippen LogP contribution >= 0.6 is 11.6 Å². The summed E-state index contributed by atoms with van der Waals surface area (Å²) < 4.78 is 38.5. The molecule has 0 bridgehead atoms.